The number of benzene rings is 2. The lowest BCUT2D eigenvalue weighted by atomic mass is 10.1. The van der Waals surface area contributed by atoms with Gasteiger partial charge in [-0.05, 0) is 74.7 Å². The van der Waals surface area contributed by atoms with Crippen LogP contribution in [0, 0.1) is 12.7 Å². The molecule has 0 saturated carbocycles. The zero-order chi connectivity index (χ0) is 21.2. The highest BCUT2D eigenvalue weighted by Gasteiger charge is 2.23. The van der Waals surface area contributed by atoms with Crippen LogP contribution in [0.2, 0.25) is 0 Å². The SMILES string of the molecule is Cc1ccc2c3c(ccc2n1)OC[C@H](CNCCCCN1CCc2ccc(F)cc21)O3. The molecule has 31 heavy (non-hydrogen) atoms. The number of rotatable bonds is 7. The van der Waals surface area contributed by atoms with Crippen LogP contribution in [0.25, 0.3) is 10.9 Å². The minimum atomic E-state index is -0.151. The average Bonchev–Trinajstić information content (AvgIpc) is 3.17. The van der Waals surface area contributed by atoms with Crippen LogP contribution >= 0.6 is 0 Å². The summed E-state index contributed by atoms with van der Waals surface area (Å²) in [7, 11) is 0. The zero-order valence-electron chi connectivity index (χ0n) is 17.9. The maximum absolute atomic E-state index is 13.5. The van der Waals surface area contributed by atoms with Gasteiger partial charge in [0.2, 0.25) is 0 Å². The largest absolute Gasteiger partial charge is 0.486 e. The number of nitrogens with one attached hydrogen (secondary N) is 1. The van der Waals surface area contributed by atoms with Gasteiger partial charge in [-0.3, -0.25) is 4.98 Å². The van der Waals surface area contributed by atoms with Crippen LogP contribution in [-0.4, -0.2) is 43.9 Å². The Morgan fingerprint density at radius 1 is 1.16 bits per heavy atom. The van der Waals surface area contributed by atoms with Crippen LogP contribution in [0.3, 0.4) is 0 Å². The van der Waals surface area contributed by atoms with E-state index in [1.807, 2.05) is 31.2 Å². The molecule has 2 aromatic carbocycles. The Morgan fingerprint density at radius 3 is 3.03 bits per heavy atom. The molecular formula is C25H28FN3O2. The van der Waals surface area contributed by atoms with Gasteiger partial charge in [0.05, 0.1) is 5.52 Å². The van der Waals surface area contributed by atoms with Crippen LogP contribution in [0.1, 0.15) is 24.1 Å². The van der Waals surface area contributed by atoms with E-state index >= 15 is 0 Å². The van der Waals surface area contributed by atoms with E-state index < -0.39 is 0 Å². The first kappa shape index (κ1) is 20.1. The molecule has 0 amide bonds. The van der Waals surface area contributed by atoms with Gasteiger partial charge in [-0.2, -0.15) is 0 Å². The molecule has 1 N–H and O–H groups in total. The fraction of sp³-hybridized carbons (Fsp3) is 0.400. The number of unbranched alkanes of at least 4 members (excludes halogenated alkanes) is 1. The van der Waals surface area contributed by atoms with Crippen LogP contribution < -0.4 is 19.7 Å². The van der Waals surface area contributed by atoms with Crippen molar-refractivity contribution in [3.8, 4) is 11.5 Å². The third-order valence-electron chi connectivity index (χ3n) is 6.08. The first-order valence-corrected chi connectivity index (χ1v) is 11.1. The topological polar surface area (TPSA) is 46.6 Å². The second-order valence-corrected chi connectivity index (χ2v) is 8.38. The first-order valence-electron chi connectivity index (χ1n) is 11.1. The Bertz CT molecular complexity index is 1090. The molecule has 0 spiro atoms. The number of halogens is 1. The second-order valence-electron chi connectivity index (χ2n) is 8.38. The molecule has 5 rings (SSSR count). The van der Waals surface area contributed by atoms with Crippen LogP contribution in [-0.2, 0) is 6.42 Å². The van der Waals surface area contributed by atoms with Crippen LogP contribution in [0.5, 0.6) is 11.5 Å². The Morgan fingerprint density at radius 2 is 2.10 bits per heavy atom. The Hall–Kier alpha value is -2.86. The molecular weight excluding hydrogens is 393 g/mol. The number of fused-ring (bicyclic) bond motifs is 4. The minimum absolute atomic E-state index is 0.0205. The molecule has 0 bridgehead atoms. The van der Waals surface area contributed by atoms with Crippen molar-refractivity contribution < 1.29 is 13.9 Å². The lowest BCUT2D eigenvalue weighted by molar-refractivity contribution is 0.0925. The molecule has 0 saturated heterocycles. The summed E-state index contributed by atoms with van der Waals surface area (Å²) in [6, 6.07) is 13.1. The molecule has 0 aliphatic carbocycles. The Balaban J connectivity index is 1.08. The van der Waals surface area contributed by atoms with Gasteiger partial charge in [-0.1, -0.05) is 6.07 Å². The molecule has 0 unspecified atom stereocenters. The third kappa shape index (κ3) is 4.30. The van der Waals surface area contributed by atoms with Crippen molar-refractivity contribution >= 4 is 16.6 Å². The smallest absolute Gasteiger partial charge is 0.171 e. The highest BCUT2D eigenvalue weighted by atomic mass is 19.1. The summed E-state index contributed by atoms with van der Waals surface area (Å²) in [4.78, 5) is 6.88. The van der Waals surface area contributed by atoms with E-state index in [1.54, 1.807) is 12.1 Å². The predicted octanol–water partition coefficient (Wildman–Crippen LogP) is 4.25. The molecule has 3 heterocycles. The quantitative estimate of drug-likeness (QED) is 0.578. The van der Waals surface area contributed by atoms with Crippen molar-refractivity contribution in [1.82, 2.24) is 10.3 Å². The molecule has 3 aromatic rings. The average molecular weight is 422 g/mol. The molecule has 2 aliphatic heterocycles. The van der Waals surface area contributed by atoms with Gasteiger partial charge in [0, 0.05) is 36.4 Å². The summed E-state index contributed by atoms with van der Waals surface area (Å²) in [5, 5.41) is 4.49. The van der Waals surface area contributed by atoms with Crippen molar-refractivity contribution in [3.05, 3.63) is 59.5 Å². The molecule has 2 aliphatic rings. The van der Waals surface area contributed by atoms with Gasteiger partial charge in [0.25, 0.3) is 0 Å². The summed E-state index contributed by atoms with van der Waals surface area (Å²) in [6.45, 7) is 6.15. The monoisotopic (exact) mass is 421 g/mol. The lowest BCUT2D eigenvalue weighted by Gasteiger charge is -2.27. The highest BCUT2D eigenvalue weighted by Crippen LogP contribution is 2.38. The van der Waals surface area contributed by atoms with Crippen molar-refractivity contribution in [2.24, 2.45) is 0 Å². The van der Waals surface area contributed by atoms with Gasteiger partial charge in [0.1, 0.15) is 18.5 Å². The number of anilines is 1. The molecule has 0 fully saturated rings. The van der Waals surface area contributed by atoms with Crippen LogP contribution in [0.15, 0.2) is 42.5 Å². The second kappa shape index (κ2) is 8.71. The van der Waals surface area contributed by atoms with E-state index in [9.17, 15) is 4.39 Å². The molecule has 0 radical (unpaired) electrons. The summed E-state index contributed by atoms with van der Waals surface area (Å²) >= 11 is 0. The molecule has 1 aromatic heterocycles. The summed E-state index contributed by atoms with van der Waals surface area (Å²) in [5.41, 5.74) is 4.24. The van der Waals surface area contributed by atoms with Crippen molar-refractivity contribution in [1.29, 1.82) is 0 Å². The lowest BCUT2D eigenvalue weighted by Crippen LogP contribution is -2.39. The Labute approximate surface area is 182 Å². The zero-order valence-corrected chi connectivity index (χ0v) is 17.9. The third-order valence-corrected chi connectivity index (χ3v) is 6.08. The normalized spacial score (nSPS) is 17.2. The maximum Gasteiger partial charge on any atom is 0.171 e. The van der Waals surface area contributed by atoms with E-state index in [1.165, 1.54) is 5.56 Å². The van der Waals surface area contributed by atoms with E-state index in [2.05, 4.69) is 21.3 Å². The van der Waals surface area contributed by atoms with E-state index in [-0.39, 0.29) is 11.9 Å². The van der Waals surface area contributed by atoms with Crippen molar-refractivity contribution in [2.45, 2.75) is 32.3 Å². The van der Waals surface area contributed by atoms with E-state index in [4.69, 9.17) is 9.47 Å². The number of nitrogens with zero attached hydrogens (tertiary/aromatic N) is 2. The van der Waals surface area contributed by atoms with Gasteiger partial charge in [0.15, 0.2) is 11.5 Å². The first-order chi connectivity index (χ1) is 15.2. The summed E-state index contributed by atoms with van der Waals surface area (Å²) in [6.07, 6.45) is 3.13. The predicted molar refractivity (Wildman–Crippen MR) is 121 cm³/mol. The van der Waals surface area contributed by atoms with Gasteiger partial charge in [-0.25, -0.2) is 4.39 Å². The number of ether oxygens (including phenoxy) is 2. The van der Waals surface area contributed by atoms with Crippen molar-refractivity contribution in [2.75, 3.05) is 37.7 Å². The van der Waals surface area contributed by atoms with Gasteiger partial charge < -0.3 is 19.7 Å². The number of pyridine rings is 1. The number of aryl methyl sites for hydroxylation is 1. The molecule has 6 heteroatoms. The highest BCUT2D eigenvalue weighted by molar-refractivity contribution is 5.88. The molecule has 5 nitrogen and oxygen atoms in total. The number of aromatic nitrogens is 1. The summed E-state index contributed by atoms with van der Waals surface area (Å²) < 4.78 is 25.7. The van der Waals surface area contributed by atoms with Gasteiger partial charge >= 0.3 is 0 Å². The fourth-order valence-corrected chi connectivity index (χ4v) is 4.44. The van der Waals surface area contributed by atoms with Crippen molar-refractivity contribution in [3.63, 3.8) is 0 Å². The standard InChI is InChI=1S/C25H28FN3O2/c1-17-4-7-21-22(28-17)8-9-24-25(21)31-20(16-30-24)15-27-11-2-3-12-29-13-10-18-5-6-19(26)14-23(18)29/h4-9,14,20,27H,2-3,10-13,15-16H2,1H3/t20-/m0/s1. The number of hydrogen-bond donors (Lipinski definition) is 1. The fourth-order valence-electron chi connectivity index (χ4n) is 4.44. The number of hydrogen-bond acceptors (Lipinski definition) is 5. The van der Waals surface area contributed by atoms with Crippen LogP contribution in [0.4, 0.5) is 10.1 Å². The molecule has 162 valence electrons. The minimum Gasteiger partial charge on any atom is -0.486 e. The Kier molecular flexibility index (Phi) is 5.64. The van der Waals surface area contributed by atoms with Gasteiger partial charge in [-0.15, -0.1) is 0 Å². The maximum atomic E-state index is 13.5. The van der Waals surface area contributed by atoms with E-state index in [0.29, 0.717) is 6.61 Å². The molecule has 1 atom stereocenters. The summed E-state index contributed by atoms with van der Waals surface area (Å²) in [5.74, 6) is 1.43. The van der Waals surface area contributed by atoms with E-state index in [0.717, 1.165) is 79.2 Å².